The van der Waals surface area contributed by atoms with E-state index in [1.54, 1.807) is 11.8 Å². The molecule has 0 radical (unpaired) electrons. The van der Waals surface area contributed by atoms with Gasteiger partial charge in [0.1, 0.15) is 5.82 Å². The number of hydrogen-bond acceptors (Lipinski definition) is 2. The standard InChI is InChI=1S/C10H11FOS/c1-2-13-7-10(12)8-3-5-9(11)6-4-8/h3-6H,2,7H2,1H3. The van der Waals surface area contributed by atoms with Crippen LogP contribution in [0.3, 0.4) is 0 Å². The number of ketones is 1. The maximum Gasteiger partial charge on any atom is 0.172 e. The SMILES string of the molecule is CCSCC(=O)c1ccc(F)cc1. The maximum absolute atomic E-state index is 12.5. The summed E-state index contributed by atoms with van der Waals surface area (Å²) in [5, 5.41) is 0. The van der Waals surface area contributed by atoms with E-state index in [9.17, 15) is 9.18 Å². The summed E-state index contributed by atoms with van der Waals surface area (Å²) in [7, 11) is 0. The van der Waals surface area contributed by atoms with Gasteiger partial charge in [-0.1, -0.05) is 6.92 Å². The molecule has 0 unspecified atom stereocenters. The lowest BCUT2D eigenvalue weighted by molar-refractivity contribution is 0.102. The Morgan fingerprint density at radius 3 is 2.54 bits per heavy atom. The Labute approximate surface area is 81.3 Å². The second kappa shape index (κ2) is 5.02. The summed E-state index contributed by atoms with van der Waals surface area (Å²) in [5.74, 6) is 1.15. The Morgan fingerprint density at radius 1 is 1.38 bits per heavy atom. The zero-order valence-electron chi connectivity index (χ0n) is 7.42. The first-order valence-corrected chi connectivity index (χ1v) is 5.26. The third-order valence-corrected chi connectivity index (χ3v) is 2.48. The molecule has 0 saturated heterocycles. The number of halogens is 1. The molecule has 0 spiro atoms. The summed E-state index contributed by atoms with van der Waals surface area (Å²) < 4.78 is 12.5. The van der Waals surface area contributed by atoms with Gasteiger partial charge in [0.15, 0.2) is 5.78 Å². The zero-order valence-corrected chi connectivity index (χ0v) is 8.23. The van der Waals surface area contributed by atoms with Crippen LogP contribution in [-0.2, 0) is 0 Å². The first-order chi connectivity index (χ1) is 6.24. The molecule has 0 aliphatic carbocycles. The van der Waals surface area contributed by atoms with Crippen LogP contribution in [0.5, 0.6) is 0 Å². The van der Waals surface area contributed by atoms with Crippen LogP contribution >= 0.6 is 11.8 Å². The van der Waals surface area contributed by atoms with Crippen molar-refractivity contribution in [3.63, 3.8) is 0 Å². The molecule has 0 aromatic heterocycles. The van der Waals surface area contributed by atoms with E-state index >= 15 is 0 Å². The first kappa shape index (κ1) is 10.3. The van der Waals surface area contributed by atoms with Gasteiger partial charge in [0, 0.05) is 5.56 Å². The third kappa shape index (κ3) is 3.19. The van der Waals surface area contributed by atoms with Crippen molar-refractivity contribution in [3.8, 4) is 0 Å². The van der Waals surface area contributed by atoms with Crippen LogP contribution in [0, 0.1) is 5.82 Å². The minimum Gasteiger partial charge on any atom is -0.293 e. The van der Waals surface area contributed by atoms with Crippen LogP contribution < -0.4 is 0 Å². The van der Waals surface area contributed by atoms with Crippen molar-refractivity contribution < 1.29 is 9.18 Å². The van der Waals surface area contributed by atoms with Crippen LogP contribution in [0.1, 0.15) is 17.3 Å². The van der Waals surface area contributed by atoms with Crippen molar-refractivity contribution >= 4 is 17.5 Å². The number of carbonyl (C=O) groups is 1. The predicted octanol–water partition coefficient (Wildman–Crippen LogP) is 2.76. The van der Waals surface area contributed by atoms with Crippen molar-refractivity contribution in [2.24, 2.45) is 0 Å². The van der Waals surface area contributed by atoms with E-state index in [4.69, 9.17) is 0 Å². The molecule has 0 bridgehead atoms. The third-order valence-electron chi connectivity index (χ3n) is 1.60. The van der Waals surface area contributed by atoms with Gasteiger partial charge in [-0.2, -0.15) is 11.8 Å². The van der Waals surface area contributed by atoms with Crippen LogP contribution in [0.2, 0.25) is 0 Å². The van der Waals surface area contributed by atoms with E-state index in [-0.39, 0.29) is 11.6 Å². The molecule has 1 rings (SSSR count). The smallest absolute Gasteiger partial charge is 0.172 e. The summed E-state index contributed by atoms with van der Waals surface area (Å²) >= 11 is 1.57. The minimum absolute atomic E-state index is 0.0619. The topological polar surface area (TPSA) is 17.1 Å². The van der Waals surface area contributed by atoms with Crippen LogP contribution in [0.15, 0.2) is 24.3 Å². The lowest BCUT2D eigenvalue weighted by Crippen LogP contribution is -2.02. The normalized spacial score (nSPS) is 10.0. The number of benzene rings is 1. The number of carbonyl (C=O) groups excluding carboxylic acids is 1. The fourth-order valence-electron chi connectivity index (χ4n) is 0.914. The van der Waals surface area contributed by atoms with Crippen molar-refractivity contribution in [1.29, 1.82) is 0 Å². The molecule has 0 saturated carbocycles. The Morgan fingerprint density at radius 2 is 2.00 bits per heavy atom. The van der Waals surface area contributed by atoms with Crippen molar-refractivity contribution in [1.82, 2.24) is 0 Å². The Hall–Kier alpha value is -0.830. The molecule has 1 aromatic carbocycles. The lowest BCUT2D eigenvalue weighted by atomic mass is 10.1. The van der Waals surface area contributed by atoms with E-state index in [1.807, 2.05) is 6.92 Å². The quantitative estimate of drug-likeness (QED) is 0.692. The molecule has 1 nitrogen and oxygen atoms in total. The average Bonchev–Trinajstić information content (AvgIpc) is 2.15. The highest BCUT2D eigenvalue weighted by Gasteiger charge is 2.04. The summed E-state index contributed by atoms with van der Waals surface area (Å²) in [4.78, 5) is 11.4. The van der Waals surface area contributed by atoms with Gasteiger partial charge in [-0.15, -0.1) is 0 Å². The van der Waals surface area contributed by atoms with E-state index < -0.39 is 0 Å². The van der Waals surface area contributed by atoms with Crippen LogP contribution in [-0.4, -0.2) is 17.3 Å². The second-order valence-corrected chi connectivity index (χ2v) is 3.84. The zero-order chi connectivity index (χ0) is 9.68. The van der Waals surface area contributed by atoms with Gasteiger partial charge in [-0.3, -0.25) is 4.79 Å². The highest BCUT2D eigenvalue weighted by molar-refractivity contribution is 7.99. The molecular formula is C10H11FOS. The predicted molar refractivity (Wildman–Crippen MR) is 53.7 cm³/mol. The van der Waals surface area contributed by atoms with Gasteiger partial charge >= 0.3 is 0 Å². The molecule has 3 heteroatoms. The van der Waals surface area contributed by atoms with Gasteiger partial charge in [0.25, 0.3) is 0 Å². The lowest BCUT2D eigenvalue weighted by Gasteiger charge is -1.98. The molecule has 0 aliphatic heterocycles. The van der Waals surface area contributed by atoms with E-state index in [1.165, 1.54) is 24.3 Å². The first-order valence-electron chi connectivity index (χ1n) is 4.10. The number of rotatable bonds is 4. The molecule has 0 aliphatic rings. The van der Waals surface area contributed by atoms with Gasteiger partial charge in [0.2, 0.25) is 0 Å². The van der Waals surface area contributed by atoms with Crippen molar-refractivity contribution in [2.75, 3.05) is 11.5 Å². The summed E-state index contributed by atoms with van der Waals surface area (Å²) in [5.41, 5.74) is 0.586. The van der Waals surface area contributed by atoms with Crippen molar-refractivity contribution in [2.45, 2.75) is 6.92 Å². The highest BCUT2D eigenvalue weighted by atomic mass is 32.2. The van der Waals surface area contributed by atoms with Crippen LogP contribution in [0.4, 0.5) is 4.39 Å². The molecule has 0 atom stereocenters. The average molecular weight is 198 g/mol. The molecule has 13 heavy (non-hydrogen) atoms. The fourth-order valence-corrected chi connectivity index (χ4v) is 1.47. The maximum atomic E-state index is 12.5. The molecule has 0 N–H and O–H groups in total. The number of Topliss-reactive ketones (excluding diaryl/α,β-unsaturated/α-hetero) is 1. The largest absolute Gasteiger partial charge is 0.293 e. The number of thioether (sulfide) groups is 1. The summed E-state index contributed by atoms with van der Waals surface area (Å²) in [6.45, 7) is 2.00. The fraction of sp³-hybridized carbons (Fsp3) is 0.300. The van der Waals surface area contributed by atoms with E-state index in [0.29, 0.717) is 11.3 Å². The van der Waals surface area contributed by atoms with Crippen molar-refractivity contribution in [3.05, 3.63) is 35.6 Å². The molecule has 0 fully saturated rings. The number of hydrogen-bond donors (Lipinski definition) is 0. The molecular weight excluding hydrogens is 187 g/mol. The van der Waals surface area contributed by atoms with Gasteiger partial charge < -0.3 is 0 Å². The molecule has 0 amide bonds. The minimum atomic E-state index is -0.306. The highest BCUT2D eigenvalue weighted by Crippen LogP contribution is 2.08. The summed E-state index contributed by atoms with van der Waals surface area (Å²) in [6.07, 6.45) is 0. The second-order valence-electron chi connectivity index (χ2n) is 2.57. The Balaban J connectivity index is 2.61. The van der Waals surface area contributed by atoms with Crippen LogP contribution in [0.25, 0.3) is 0 Å². The van der Waals surface area contributed by atoms with Gasteiger partial charge in [-0.05, 0) is 30.0 Å². The van der Waals surface area contributed by atoms with E-state index in [2.05, 4.69) is 0 Å². The van der Waals surface area contributed by atoms with Gasteiger partial charge in [0.05, 0.1) is 5.75 Å². The molecule has 70 valence electrons. The Kier molecular flexibility index (Phi) is 3.96. The molecule has 0 heterocycles. The summed E-state index contributed by atoms with van der Waals surface area (Å²) in [6, 6.07) is 5.66. The van der Waals surface area contributed by atoms with Gasteiger partial charge in [-0.25, -0.2) is 4.39 Å². The monoisotopic (exact) mass is 198 g/mol. The van der Waals surface area contributed by atoms with E-state index in [0.717, 1.165) is 5.75 Å². The molecule has 1 aromatic rings. The Bertz CT molecular complexity index is 281.